The van der Waals surface area contributed by atoms with E-state index in [1.165, 1.54) is 19.3 Å². The van der Waals surface area contributed by atoms with Crippen molar-refractivity contribution in [2.45, 2.75) is 52.6 Å². The molecule has 0 radical (unpaired) electrons. The average Bonchev–Trinajstić information content (AvgIpc) is 2.72. The monoisotopic (exact) mass is 241 g/mol. The zero-order valence-electron chi connectivity index (χ0n) is 10.6. The van der Waals surface area contributed by atoms with Gasteiger partial charge in [-0.1, -0.05) is 19.8 Å². The summed E-state index contributed by atoms with van der Waals surface area (Å²) in [5.41, 5.74) is 6.59. The van der Waals surface area contributed by atoms with Crippen molar-refractivity contribution in [3.63, 3.8) is 0 Å². The molecule has 0 saturated carbocycles. The molecule has 16 heavy (non-hydrogen) atoms. The van der Waals surface area contributed by atoms with Gasteiger partial charge in [-0.05, 0) is 20.3 Å². The standard InChI is InChI=1S/C12H23N3S/c1-4-5-6-7-15(10(2)3)12-14-11(8-13)9-16-12/h9-10H,4-8,13H2,1-3H3. The molecule has 4 heteroatoms. The number of anilines is 1. The Morgan fingerprint density at radius 2 is 2.19 bits per heavy atom. The number of nitrogens with two attached hydrogens (primary N) is 1. The van der Waals surface area contributed by atoms with E-state index in [1.54, 1.807) is 11.3 Å². The molecule has 0 saturated heterocycles. The summed E-state index contributed by atoms with van der Waals surface area (Å²) in [6.45, 7) is 8.31. The van der Waals surface area contributed by atoms with E-state index in [-0.39, 0.29) is 0 Å². The average molecular weight is 241 g/mol. The van der Waals surface area contributed by atoms with Crippen LogP contribution in [0.1, 0.15) is 45.7 Å². The van der Waals surface area contributed by atoms with Gasteiger partial charge in [0.25, 0.3) is 0 Å². The minimum atomic E-state index is 0.508. The van der Waals surface area contributed by atoms with E-state index in [9.17, 15) is 0 Å². The van der Waals surface area contributed by atoms with Gasteiger partial charge in [0.15, 0.2) is 5.13 Å². The van der Waals surface area contributed by atoms with E-state index in [1.807, 2.05) is 0 Å². The molecule has 1 rings (SSSR count). The second-order valence-corrected chi connectivity index (χ2v) is 5.16. The number of nitrogens with zero attached hydrogens (tertiary/aromatic N) is 2. The van der Waals surface area contributed by atoms with Crippen LogP contribution < -0.4 is 10.6 Å². The fourth-order valence-electron chi connectivity index (χ4n) is 1.63. The van der Waals surface area contributed by atoms with Crippen LogP contribution in [0.5, 0.6) is 0 Å². The van der Waals surface area contributed by atoms with Gasteiger partial charge in [-0.3, -0.25) is 0 Å². The summed E-state index contributed by atoms with van der Waals surface area (Å²) in [7, 11) is 0. The first-order valence-corrected chi connectivity index (χ1v) is 6.98. The Morgan fingerprint density at radius 1 is 1.44 bits per heavy atom. The number of hydrogen-bond donors (Lipinski definition) is 1. The second kappa shape index (κ2) is 6.86. The van der Waals surface area contributed by atoms with E-state index in [4.69, 9.17) is 5.73 Å². The molecule has 3 nitrogen and oxygen atoms in total. The highest BCUT2D eigenvalue weighted by atomic mass is 32.1. The van der Waals surface area contributed by atoms with Crippen molar-refractivity contribution in [3.8, 4) is 0 Å². The topological polar surface area (TPSA) is 42.2 Å². The van der Waals surface area contributed by atoms with Crippen molar-refractivity contribution in [3.05, 3.63) is 11.1 Å². The summed E-state index contributed by atoms with van der Waals surface area (Å²) in [6.07, 6.45) is 3.79. The molecule has 92 valence electrons. The zero-order chi connectivity index (χ0) is 12.0. The van der Waals surface area contributed by atoms with E-state index >= 15 is 0 Å². The van der Waals surface area contributed by atoms with Gasteiger partial charge < -0.3 is 10.6 Å². The largest absolute Gasteiger partial charge is 0.346 e. The van der Waals surface area contributed by atoms with Gasteiger partial charge in [0.1, 0.15) is 0 Å². The van der Waals surface area contributed by atoms with Crippen molar-refractivity contribution < 1.29 is 0 Å². The second-order valence-electron chi connectivity index (χ2n) is 4.32. The van der Waals surface area contributed by atoms with Crippen molar-refractivity contribution in [2.24, 2.45) is 5.73 Å². The van der Waals surface area contributed by atoms with Crippen LogP contribution in [-0.2, 0) is 6.54 Å². The Hall–Kier alpha value is -0.610. The first-order valence-electron chi connectivity index (χ1n) is 6.10. The summed E-state index contributed by atoms with van der Waals surface area (Å²) in [4.78, 5) is 6.92. The maximum atomic E-state index is 5.59. The van der Waals surface area contributed by atoms with Crippen LogP contribution in [0.2, 0.25) is 0 Å². The Morgan fingerprint density at radius 3 is 2.69 bits per heavy atom. The first kappa shape index (κ1) is 13.5. The zero-order valence-corrected chi connectivity index (χ0v) is 11.4. The van der Waals surface area contributed by atoms with Crippen LogP contribution in [0.25, 0.3) is 0 Å². The van der Waals surface area contributed by atoms with E-state index < -0.39 is 0 Å². The summed E-state index contributed by atoms with van der Waals surface area (Å²) in [5, 5.41) is 3.18. The molecule has 0 fully saturated rings. The van der Waals surface area contributed by atoms with Gasteiger partial charge >= 0.3 is 0 Å². The van der Waals surface area contributed by atoms with E-state index in [0.29, 0.717) is 12.6 Å². The molecule has 0 amide bonds. The lowest BCUT2D eigenvalue weighted by Crippen LogP contribution is -2.31. The van der Waals surface area contributed by atoms with Crippen LogP contribution >= 0.6 is 11.3 Å². The molecular weight excluding hydrogens is 218 g/mol. The molecular formula is C12H23N3S. The molecule has 0 atom stereocenters. The van der Waals surface area contributed by atoms with Gasteiger partial charge in [0.05, 0.1) is 5.69 Å². The summed E-state index contributed by atoms with van der Waals surface area (Å²) < 4.78 is 0. The quantitative estimate of drug-likeness (QED) is 0.746. The third-order valence-electron chi connectivity index (χ3n) is 2.62. The first-order chi connectivity index (χ1) is 7.69. The summed E-state index contributed by atoms with van der Waals surface area (Å²) in [5.74, 6) is 0. The highest BCUT2D eigenvalue weighted by Gasteiger charge is 2.13. The van der Waals surface area contributed by atoms with Crippen molar-refractivity contribution in [1.29, 1.82) is 0 Å². The van der Waals surface area contributed by atoms with E-state index in [2.05, 4.69) is 36.0 Å². The third-order valence-corrected chi connectivity index (χ3v) is 3.55. The minimum Gasteiger partial charge on any atom is -0.346 e. The Balaban J connectivity index is 2.61. The molecule has 1 heterocycles. The Bertz CT molecular complexity index is 296. The summed E-state index contributed by atoms with van der Waals surface area (Å²) >= 11 is 1.70. The molecule has 0 aliphatic rings. The van der Waals surface area contributed by atoms with Gasteiger partial charge in [-0.2, -0.15) is 0 Å². The highest BCUT2D eigenvalue weighted by Crippen LogP contribution is 2.22. The third kappa shape index (κ3) is 3.76. The van der Waals surface area contributed by atoms with Crippen LogP contribution in [-0.4, -0.2) is 17.6 Å². The predicted octanol–water partition coefficient (Wildman–Crippen LogP) is 3.01. The fraction of sp³-hybridized carbons (Fsp3) is 0.750. The molecule has 0 unspecified atom stereocenters. The van der Waals surface area contributed by atoms with Crippen LogP contribution in [0.4, 0.5) is 5.13 Å². The minimum absolute atomic E-state index is 0.508. The van der Waals surface area contributed by atoms with Crippen LogP contribution in [0.15, 0.2) is 5.38 Å². The molecule has 2 N–H and O–H groups in total. The molecule has 1 aromatic heterocycles. The maximum Gasteiger partial charge on any atom is 0.185 e. The fourth-order valence-corrected chi connectivity index (χ4v) is 2.63. The van der Waals surface area contributed by atoms with Crippen molar-refractivity contribution in [2.75, 3.05) is 11.4 Å². The van der Waals surface area contributed by atoms with Crippen LogP contribution in [0.3, 0.4) is 0 Å². The lowest BCUT2D eigenvalue weighted by Gasteiger charge is -2.26. The predicted molar refractivity (Wildman–Crippen MR) is 72.0 cm³/mol. The molecule has 0 aromatic carbocycles. The van der Waals surface area contributed by atoms with Gasteiger partial charge in [0.2, 0.25) is 0 Å². The normalized spacial score (nSPS) is 11.1. The number of thiazole rings is 1. The van der Waals surface area contributed by atoms with E-state index in [0.717, 1.165) is 17.4 Å². The van der Waals surface area contributed by atoms with Crippen LogP contribution in [0, 0.1) is 0 Å². The lowest BCUT2D eigenvalue weighted by atomic mass is 10.2. The Labute approximate surface area is 103 Å². The molecule has 0 aliphatic carbocycles. The van der Waals surface area contributed by atoms with Crippen molar-refractivity contribution in [1.82, 2.24) is 4.98 Å². The van der Waals surface area contributed by atoms with Crippen molar-refractivity contribution >= 4 is 16.5 Å². The number of rotatable bonds is 7. The van der Waals surface area contributed by atoms with Gasteiger partial charge in [0, 0.05) is 24.5 Å². The van der Waals surface area contributed by atoms with Gasteiger partial charge in [-0.25, -0.2) is 4.98 Å². The maximum absolute atomic E-state index is 5.59. The number of unbranched alkanes of at least 4 members (excludes halogenated alkanes) is 2. The molecule has 0 aliphatic heterocycles. The number of hydrogen-bond acceptors (Lipinski definition) is 4. The molecule has 0 bridgehead atoms. The summed E-state index contributed by atoms with van der Waals surface area (Å²) in [6, 6.07) is 0.508. The molecule has 1 aromatic rings. The van der Waals surface area contributed by atoms with Gasteiger partial charge in [-0.15, -0.1) is 11.3 Å². The Kier molecular flexibility index (Phi) is 5.77. The smallest absolute Gasteiger partial charge is 0.185 e. The highest BCUT2D eigenvalue weighted by molar-refractivity contribution is 7.13. The SMILES string of the molecule is CCCCCN(c1nc(CN)cs1)C(C)C. The lowest BCUT2D eigenvalue weighted by molar-refractivity contribution is 0.624. The number of aromatic nitrogens is 1. The molecule has 0 spiro atoms.